The Morgan fingerprint density at radius 1 is 1.31 bits per heavy atom. The minimum atomic E-state index is 0. The van der Waals surface area contributed by atoms with Crippen molar-refractivity contribution in [1.82, 2.24) is 10.6 Å². The van der Waals surface area contributed by atoms with Gasteiger partial charge in [0, 0.05) is 32.2 Å². The highest BCUT2D eigenvalue weighted by Gasteiger charge is 2.15. The number of rotatable bonds is 9. The predicted octanol–water partition coefficient (Wildman–Crippen LogP) is 3.47. The number of aliphatic imine (C=N–C) groups is 1. The van der Waals surface area contributed by atoms with Crippen molar-refractivity contribution in [2.45, 2.75) is 45.6 Å². The number of benzene rings is 1. The maximum Gasteiger partial charge on any atom is 0.191 e. The summed E-state index contributed by atoms with van der Waals surface area (Å²) in [7, 11) is 0. The third kappa shape index (κ3) is 8.68. The Kier molecular flexibility index (Phi) is 11.9. The van der Waals surface area contributed by atoms with Crippen LogP contribution in [-0.4, -0.2) is 51.5 Å². The highest BCUT2D eigenvalue weighted by molar-refractivity contribution is 14.0. The second kappa shape index (κ2) is 13.3. The van der Waals surface area contributed by atoms with Crippen LogP contribution in [0.15, 0.2) is 29.3 Å². The largest absolute Gasteiger partial charge is 0.377 e. The van der Waals surface area contributed by atoms with E-state index in [9.17, 15) is 0 Å². The molecular weight excluding hydrogens is 441 g/mol. The van der Waals surface area contributed by atoms with E-state index in [4.69, 9.17) is 14.5 Å². The molecule has 2 unspecified atom stereocenters. The summed E-state index contributed by atoms with van der Waals surface area (Å²) in [5.41, 5.74) is 2.61. The number of halogens is 1. The van der Waals surface area contributed by atoms with Gasteiger partial charge in [0.2, 0.25) is 0 Å². The lowest BCUT2D eigenvalue weighted by molar-refractivity contribution is 0.0191. The van der Waals surface area contributed by atoms with Gasteiger partial charge in [-0.2, -0.15) is 0 Å². The second-order valence-electron chi connectivity index (χ2n) is 6.67. The lowest BCUT2D eigenvalue weighted by Crippen LogP contribution is -2.39. The van der Waals surface area contributed by atoms with E-state index in [1.54, 1.807) is 0 Å². The Hall–Kier alpha value is -0.860. The van der Waals surface area contributed by atoms with Crippen molar-refractivity contribution in [3.05, 3.63) is 35.4 Å². The molecule has 1 fully saturated rings. The minimum absolute atomic E-state index is 0. The molecule has 0 radical (unpaired) electrons. The van der Waals surface area contributed by atoms with Gasteiger partial charge < -0.3 is 20.1 Å². The van der Waals surface area contributed by atoms with Gasteiger partial charge in [-0.1, -0.05) is 36.8 Å². The molecule has 0 bridgehead atoms. The fraction of sp³-hybridized carbons (Fsp3) is 0.650. The number of ether oxygens (including phenoxy) is 2. The quantitative estimate of drug-likeness (QED) is 0.249. The average molecular weight is 475 g/mol. The van der Waals surface area contributed by atoms with Gasteiger partial charge in [0.05, 0.1) is 19.3 Å². The molecule has 1 aliphatic heterocycles. The molecule has 1 aromatic carbocycles. The van der Waals surface area contributed by atoms with Gasteiger partial charge in [-0.25, -0.2) is 0 Å². The van der Waals surface area contributed by atoms with Crippen LogP contribution in [0.4, 0.5) is 0 Å². The summed E-state index contributed by atoms with van der Waals surface area (Å²) in [5, 5.41) is 6.62. The van der Waals surface area contributed by atoms with Gasteiger partial charge in [0.15, 0.2) is 5.96 Å². The fourth-order valence-corrected chi connectivity index (χ4v) is 2.80. The van der Waals surface area contributed by atoms with Crippen molar-refractivity contribution in [3.63, 3.8) is 0 Å². The van der Waals surface area contributed by atoms with Gasteiger partial charge in [-0.3, -0.25) is 4.99 Å². The van der Waals surface area contributed by atoms with Crippen LogP contribution in [0.5, 0.6) is 0 Å². The molecule has 0 aromatic heterocycles. The van der Waals surface area contributed by atoms with Gasteiger partial charge in [0.1, 0.15) is 0 Å². The lowest BCUT2D eigenvalue weighted by atomic mass is 10.0. The molecule has 0 amide bonds. The molecule has 148 valence electrons. The topological polar surface area (TPSA) is 54.9 Å². The highest BCUT2D eigenvalue weighted by Crippen LogP contribution is 2.16. The van der Waals surface area contributed by atoms with E-state index in [0.29, 0.717) is 19.1 Å². The Morgan fingerprint density at radius 3 is 2.73 bits per heavy atom. The summed E-state index contributed by atoms with van der Waals surface area (Å²) in [4.78, 5) is 4.70. The Labute approximate surface area is 175 Å². The predicted molar refractivity (Wildman–Crippen MR) is 119 cm³/mol. The number of hydrogen-bond acceptors (Lipinski definition) is 3. The van der Waals surface area contributed by atoms with E-state index in [0.717, 1.165) is 45.0 Å². The molecule has 6 heteroatoms. The van der Waals surface area contributed by atoms with Crippen molar-refractivity contribution in [2.24, 2.45) is 4.99 Å². The molecule has 0 saturated carbocycles. The monoisotopic (exact) mass is 475 g/mol. The summed E-state index contributed by atoms with van der Waals surface area (Å²) in [6.07, 6.45) is 2.56. The lowest BCUT2D eigenvalue weighted by Gasteiger charge is -2.15. The molecule has 0 spiro atoms. The molecule has 1 saturated heterocycles. The zero-order valence-electron chi connectivity index (χ0n) is 16.3. The highest BCUT2D eigenvalue weighted by atomic mass is 127. The van der Waals surface area contributed by atoms with Gasteiger partial charge in [0.25, 0.3) is 0 Å². The first-order valence-electron chi connectivity index (χ1n) is 9.47. The first kappa shape index (κ1) is 23.2. The Bertz CT molecular complexity index is 516. The summed E-state index contributed by atoms with van der Waals surface area (Å²) >= 11 is 0. The number of hydrogen-bond donors (Lipinski definition) is 2. The van der Waals surface area contributed by atoms with Gasteiger partial charge in [-0.15, -0.1) is 24.0 Å². The first-order valence-corrected chi connectivity index (χ1v) is 9.47. The second-order valence-corrected chi connectivity index (χ2v) is 6.67. The summed E-state index contributed by atoms with van der Waals surface area (Å²) in [5.74, 6) is 1.24. The van der Waals surface area contributed by atoms with Crippen molar-refractivity contribution < 1.29 is 9.47 Å². The SMILES string of the molecule is CCNC(=NCC(C)c1ccc(C)cc1)NCCOCC1CCCO1.I. The van der Waals surface area contributed by atoms with Crippen LogP contribution < -0.4 is 10.6 Å². The molecule has 1 aliphatic rings. The Morgan fingerprint density at radius 2 is 2.08 bits per heavy atom. The molecule has 0 aliphatic carbocycles. The van der Waals surface area contributed by atoms with Crippen molar-refractivity contribution in [3.8, 4) is 0 Å². The van der Waals surface area contributed by atoms with Gasteiger partial charge in [-0.05, 0) is 32.3 Å². The summed E-state index contributed by atoms with van der Waals surface area (Å²) in [6.45, 7) is 11.0. The van der Waals surface area contributed by atoms with Crippen LogP contribution in [0.1, 0.15) is 43.7 Å². The summed E-state index contributed by atoms with van der Waals surface area (Å²) in [6, 6.07) is 8.69. The zero-order valence-corrected chi connectivity index (χ0v) is 18.6. The molecule has 2 N–H and O–H groups in total. The van der Waals surface area contributed by atoms with Crippen LogP contribution in [0.2, 0.25) is 0 Å². The molecule has 1 heterocycles. The fourth-order valence-electron chi connectivity index (χ4n) is 2.80. The molecule has 2 atom stereocenters. The third-order valence-corrected chi connectivity index (χ3v) is 4.38. The zero-order chi connectivity index (χ0) is 17.9. The summed E-state index contributed by atoms with van der Waals surface area (Å²) < 4.78 is 11.2. The molecule has 26 heavy (non-hydrogen) atoms. The van der Waals surface area contributed by atoms with Gasteiger partial charge >= 0.3 is 0 Å². The standard InChI is InChI=1S/C20H33N3O2.HI/c1-4-21-20(22-11-13-24-15-19-6-5-12-25-19)23-14-17(3)18-9-7-16(2)8-10-18;/h7-10,17,19H,4-6,11-15H2,1-3H3,(H2,21,22,23);1H. The van der Waals surface area contributed by atoms with Crippen LogP contribution >= 0.6 is 24.0 Å². The molecular formula is C20H34IN3O2. The smallest absolute Gasteiger partial charge is 0.191 e. The number of guanidine groups is 1. The normalized spacial score (nSPS) is 18.3. The van der Waals surface area contributed by atoms with E-state index < -0.39 is 0 Å². The van der Waals surface area contributed by atoms with Crippen molar-refractivity contribution in [1.29, 1.82) is 0 Å². The van der Waals surface area contributed by atoms with Crippen LogP contribution in [0.3, 0.4) is 0 Å². The third-order valence-electron chi connectivity index (χ3n) is 4.38. The number of nitrogens with one attached hydrogen (secondary N) is 2. The molecule has 1 aromatic rings. The maximum atomic E-state index is 5.68. The van der Waals surface area contributed by atoms with Crippen LogP contribution in [0, 0.1) is 6.92 Å². The van der Waals surface area contributed by atoms with E-state index in [2.05, 4.69) is 55.7 Å². The Balaban J connectivity index is 0.00000338. The number of nitrogens with zero attached hydrogens (tertiary/aromatic N) is 1. The van der Waals surface area contributed by atoms with Crippen molar-refractivity contribution in [2.75, 3.05) is 39.5 Å². The van der Waals surface area contributed by atoms with E-state index in [1.807, 2.05) is 0 Å². The van der Waals surface area contributed by atoms with E-state index in [-0.39, 0.29) is 30.1 Å². The molecule has 5 nitrogen and oxygen atoms in total. The van der Waals surface area contributed by atoms with Crippen LogP contribution in [-0.2, 0) is 9.47 Å². The van der Waals surface area contributed by atoms with Crippen molar-refractivity contribution >= 4 is 29.9 Å². The first-order chi connectivity index (χ1) is 12.2. The average Bonchev–Trinajstić information content (AvgIpc) is 3.13. The van der Waals surface area contributed by atoms with Crippen LogP contribution in [0.25, 0.3) is 0 Å². The minimum Gasteiger partial charge on any atom is -0.377 e. The van der Waals surface area contributed by atoms with E-state index in [1.165, 1.54) is 11.1 Å². The maximum absolute atomic E-state index is 5.68. The van der Waals surface area contributed by atoms with E-state index >= 15 is 0 Å². The number of aryl methyl sites for hydroxylation is 1. The molecule has 2 rings (SSSR count).